The fraction of sp³-hybridized carbons (Fsp3) is 0.737. The highest BCUT2D eigenvalue weighted by atomic mass is 16.2. The van der Waals surface area contributed by atoms with Gasteiger partial charge in [0.1, 0.15) is 23.8 Å². The number of amides is 5. The zero-order valence-corrected chi connectivity index (χ0v) is 30.7. The summed E-state index contributed by atoms with van der Waals surface area (Å²) in [5.41, 5.74) is -0.643. The first-order valence-electron chi connectivity index (χ1n) is 19.2. The molecule has 13 heteroatoms. The molecule has 2 heterocycles. The van der Waals surface area contributed by atoms with Gasteiger partial charge in [-0.05, 0) is 61.7 Å². The van der Waals surface area contributed by atoms with Crippen LogP contribution in [0, 0.1) is 23.2 Å². The molecule has 51 heavy (non-hydrogen) atoms. The van der Waals surface area contributed by atoms with Crippen molar-refractivity contribution >= 4 is 35.3 Å². The monoisotopic (exact) mass is 707 g/mol. The van der Waals surface area contributed by atoms with Gasteiger partial charge in [-0.3, -0.25) is 33.8 Å². The third-order valence-electron chi connectivity index (χ3n) is 11.2. The van der Waals surface area contributed by atoms with Crippen molar-refractivity contribution in [2.45, 2.75) is 148 Å². The van der Waals surface area contributed by atoms with Gasteiger partial charge in [0.2, 0.25) is 23.5 Å². The molecule has 0 radical (unpaired) electrons. The first kappa shape index (κ1) is 38.3. The third-order valence-corrected chi connectivity index (χ3v) is 11.2. The Labute approximate surface area is 301 Å². The minimum Gasteiger partial charge on any atom is -0.347 e. The van der Waals surface area contributed by atoms with Gasteiger partial charge in [0, 0.05) is 25.0 Å². The number of carbonyl (C=O) groups excluding carboxylic acids is 6. The van der Waals surface area contributed by atoms with E-state index in [-0.39, 0.29) is 35.4 Å². The molecule has 3 saturated carbocycles. The molecule has 1 aromatic heterocycles. The molecular weight excluding hydrogens is 650 g/mol. The Hall–Kier alpha value is -3.90. The van der Waals surface area contributed by atoms with Crippen LogP contribution in [0.3, 0.4) is 0 Å². The average Bonchev–Trinajstić information content (AvgIpc) is 3.56. The topological polar surface area (TPSA) is 180 Å². The summed E-state index contributed by atoms with van der Waals surface area (Å²) in [6.07, 6.45) is 16.0. The Bertz CT molecular complexity index is 1420. The zero-order chi connectivity index (χ0) is 36.7. The van der Waals surface area contributed by atoms with E-state index in [1.807, 2.05) is 27.7 Å². The van der Waals surface area contributed by atoms with E-state index in [0.717, 1.165) is 70.6 Å². The van der Waals surface area contributed by atoms with Crippen molar-refractivity contribution in [2.24, 2.45) is 23.2 Å². The van der Waals surface area contributed by atoms with Crippen LogP contribution in [0.1, 0.15) is 128 Å². The molecule has 5 amide bonds. The van der Waals surface area contributed by atoms with Crippen molar-refractivity contribution in [3.05, 3.63) is 24.3 Å². The number of nitrogens with one attached hydrogen (secondary N) is 4. The van der Waals surface area contributed by atoms with Crippen LogP contribution < -0.4 is 21.3 Å². The van der Waals surface area contributed by atoms with Gasteiger partial charge in [-0.1, -0.05) is 79.1 Å². The van der Waals surface area contributed by atoms with Crippen LogP contribution in [-0.4, -0.2) is 86.9 Å². The smallest absolute Gasteiger partial charge is 0.289 e. The van der Waals surface area contributed by atoms with Gasteiger partial charge in [-0.25, -0.2) is 4.98 Å². The van der Waals surface area contributed by atoms with Gasteiger partial charge in [-0.15, -0.1) is 0 Å². The maximum Gasteiger partial charge on any atom is 0.289 e. The highest BCUT2D eigenvalue weighted by Gasteiger charge is 2.50. The van der Waals surface area contributed by atoms with Gasteiger partial charge < -0.3 is 26.2 Å². The summed E-state index contributed by atoms with van der Waals surface area (Å²) < 4.78 is 0. The summed E-state index contributed by atoms with van der Waals surface area (Å²) in [7, 11) is 0. The van der Waals surface area contributed by atoms with E-state index >= 15 is 0 Å². The number of likely N-dealkylation sites (tertiary alicyclic amines) is 1. The van der Waals surface area contributed by atoms with E-state index < -0.39 is 59.0 Å². The lowest BCUT2D eigenvalue weighted by molar-refractivity contribution is -0.146. The molecule has 0 bridgehead atoms. The second-order valence-corrected chi connectivity index (χ2v) is 16.2. The standard InChI is InChI=1S/C38H57N7O6/c1-5-11-27(31(46)36(50)41-25-16-17-25)42-35(49)30-26(23-12-9-10-13-23)18-21-45(30)37(51)32(38(2,3)4)44-34(48)29(24-14-7-6-8-15-24)43-33(47)28-22-39-19-20-40-28/h19-20,22-27,29-30,32H,5-18,21H2,1-4H3,(H,41,50)(H,42,49)(H,43,47)(H,44,48)/t26-,27+,29-,30+,32+/m1/s1. The third kappa shape index (κ3) is 9.71. The molecule has 4 N–H and O–H groups in total. The predicted octanol–water partition coefficient (Wildman–Crippen LogP) is 3.23. The highest BCUT2D eigenvalue weighted by Crippen LogP contribution is 2.41. The summed E-state index contributed by atoms with van der Waals surface area (Å²) in [4.78, 5) is 92.1. The fourth-order valence-electron chi connectivity index (χ4n) is 8.28. The van der Waals surface area contributed by atoms with Crippen molar-refractivity contribution in [3.63, 3.8) is 0 Å². The summed E-state index contributed by atoms with van der Waals surface area (Å²) in [5, 5.41) is 11.6. The van der Waals surface area contributed by atoms with Crippen LogP contribution in [0.25, 0.3) is 0 Å². The quantitative estimate of drug-likeness (QED) is 0.213. The molecule has 1 aromatic rings. The van der Waals surface area contributed by atoms with Gasteiger partial charge in [0.05, 0.1) is 12.2 Å². The number of Topliss-reactive ketones (excluding diaryl/α,β-unsaturated/α-hetero) is 1. The SMILES string of the molecule is CCC[C@H](NC(=O)[C@@H]1[C@@H](C2CCCC2)CCN1C(=O)[C@H](NC(=O)[C@H](NC(=O)c1cnccn1)C1CCCCC1)C(C)(C)C)C(=O)C(=O)NC1CC1. The minimum atomic E-state index is -1.00. The van der Waals surface area contributed by atoms with Crippen LogP contribution in [0.5, 0.6) is 0 Å². The number of ketones is 1. The number of nitrogens with zero attached hydrogens (tertiary/aromatic N) is 3. The van der Waals surface area contributed by atoms with Gasteiger partial charge in [0.25, 0.3) is 11.8 Å². The Kier molecular flexibility index (Phi) is 12.8. The number of carbonyl (C=O) groups is 6. The van der Waals surface area contributed by atoms with E-state index in [4.69, 9.17) is 0 Å². The summed E-state index contributed by atoms with van der Waals surface area (Å²) in [6, 6.07) is -3.71. The average molecular weight is 708 g/mol. The van der Waals surface area contributed by atoms with Crippen molar-refractivity contribution in [2.75, 3.05) is 6.54 Å². The summed E-state index contributed by atoms with van der Waals surface area (Å²) in [6.45, 7) is 7.85. The molecule has 4 fully saturated rings. The second-order valence-electron chi connectivity index (χ2n) is 16.2. The largest absolute Gasteiger partial charge is 0.347 e. The predicted molar refractivity (Wildman–Crippen MR) is 190 cm³/mol. The van der Waals surface area contributed by atoms with Crippen molar-refractivity contribution in [1.29, 1.82) is 0 Å². The number of hydrogen-bond donors (Lipinski definition) is 4. The van der Waals surface area contributed by atoms with Crippen LogP contribution in [0.4, 0.5) is 0 Å². The van der Waals surface area contributed by atoms with E-state index in [9.17, 15) is 28.8 Å². The van der Waals surface area contributed by atoms with Crippen LogP contribution in [-0.2, 0) is 24.0 Å². The molecule has 13 nitrogen and oxygen atoms in total. The summed E-state index contributed by atoms with van der Waals surface area (Å²) in [5.74, 6) is -3.07. The lowest BCUT2D eigenvalue weighted by Crippen LogP contribution is -2.62. The zero-order valence-electron chi connectivity index (χ0n) is 30.7. The van der Waals surface area contributed by atoms with Crippen LogP contribution in [0.2, 0.25) is 0 Å². The molecule has 1 aliphatic heterocycles. The first-order valence-corrected chi connectivity index (χ1v) is 19.2. The highest BCUT2D eigenvalue weighted by molar-refractivity contribution is 6.38. The van der Waals surface area contributed by atoms with E-state index in [1.54, 1.807) is 4.90 Å². The number of hydrogen-bond acceptors (Lipinski definition) is 8. The van der Waals surface area contributed by atoms with Crippen LogP contribution in [0.15, 0.2) is 18.6 Å². The molecule has 0 aromatic carbocycles. The Balaban J connectivity index is 1.38. The number of rotatable bonds is 14. The van der Waals surface area contributed by atoms with Crippen LogP contribution >= 0.6 is 0 Å². The Morgan fingerprint density at radius 3 is 2.16 bits per heavy atom. The molecular formula is C38H57N7O6. The van der Waals surface area contributed by atoms with Crippen molar-refractivity contribution in [1.82, 2.24) is 36.1 Å². The lowest BCUT2D eigenvalue weighted by Gasteiger charge is -2.38. The number of aromatic nitrogens is 2. The molecule has 0 unspecified atom stereocenters. The maximum absolute atomic E-state index is 14.7. The molecule has 3 aliphatic carbocycles. The van der Waals surface area contributed by atoms with Gasteiger partial charge in [0.15, 0.2) is 0 Å². The molecule has 280 valence electrons. The molecule has 0 spiro atoms. The molecule has 4 aliphatic rings. The maximum atomic E-state index is 14.7. The molecule has 1 saturated heterocycles. The van der Waals surface area contributed by atoms with Gasteiger partial charge >= 0.3 is 0 Å². The van der Waals surface area contributed by atoms with E-state index in [1.165, 1.54) is 18.6 Å². The molecule has 5 atom stereocenters. The van der Waals surface area contributed by atoms with Crippen molar-refractivity contribution in [3.8, 4) is 0 Å². The Morgan fingerprint density at radius 1 is 0.863 bits per heavy atom. The lowest BCUT2D eigenvalue weighted by atomic mass is 9.81. The van der Waals surface area contributed by atoms with E-state index in [0.29, 0.717) is 25.8 Å². The summed E-state index contributed by atoms with van der Waals surface area (Å²) >= 11 is 0. The first-order chi connectivity index (χ1) is 24.4. The Morgan fingerprint density at radius 2 is 1.55 bits per heavy atom. The normalized spacial score (nSPS) is 23.2. The minimum absolute atomic E-state index is 0.0108. The van der Waals surface area contributed by atoms with Gasteiger partial charge in [-0.2, -0.15) is 0 Å². The van der Waals surface area contributed by atoms with Crippen molar-refractivity contribution < 1.29 is 28.8 Å². The fourth-order valence-corrected chi connectivity index (χ4v) is 8.28. The second kappa shape index (κ2) is 17.1. The van der Waals surface area contributed by atoms with E-state index in [2.05, 4.69) is 31.2 Å². The molecule has 5 rings (SSSR count).